The molecule has 1 heterocycles. The highest BCUT2D eigenvalue weighted by Gasteiger charge is 2.32. The number of carbonyl (C=O) groups is 1. The molecule has 5 nitrogen and oxygen atoms in total. The van der Waals surface area contributed by atoms with E-state index in [1.54, 1.807) is 24.3 Å². The minimum absolute atomic E-state index is 0.104. The number of phenolic OH excluding ortho intramolecular Hbond substituents is 1. The summed E-state index contributed by atoms with van der Waals surface area (Å²) in [4.78, 5) is 12.9. The fourth-order valence-corrected chi connectivity index (χ4v) is 3.02. The Hall–Kier alpha value is -3.60. The number of para-hydroxylation sites is 3. The molecule has 0 atom stereocenters. The Morgan fingerprint density at radius 3 is 2.15 bits per heavy atom. The average molecular weight is 344 g/mol. The summed E-state index contributed by atoms with van der Waals surface area (Å²) >= 11 is 0. The van der Waals surface area contributed by atoms with Crippen LogP contribution in [0.5, 0.6) is 17.2 Å². The molecule has 1 amide bonds. The molecule has 0 spiro atoms. The highest BCUT2D eigenvalue weighted by molar-refractivity contribution is 5.91. The van der Waals surface area contributed by atoms with Crippen LogP contribution < -0.4 is 10.2 Å². The van der Waals surface area contributed by atoms with Gasteiger partial charge >= 0.3 is 0 Å². The van der Waals surface area contributed by atoms with Crippen LogP contribution in [0.15, 0.2) is 77.9 Å². The molecule has 0 aromatic heterocycles. The molecular formula is C21H16N2O3. The maximum Gasteiger partial charge on any atom is 0.252 e. The number of hydrogen-bond donors (Lipinski definition) is 2. The van der Waals surface area contributed by atoms with Crippen molar-refractivity contribution < 1.29 is 14.6 Å². The molecule has 2 N–H and O–H groups in total. The third-order valence-corrected chi connectivity index (χ3v) is 4.26. The van der Waals surface area contributed by atoms with Crippen LogP contribution in [0.3, 0.4) is 0 Å². The summed E-state index contributed by atoms with van der Waals surface area (Å²) in [7, 11) is 0. The van der Waals surface area contributed by atoms with Crippen molar-refractivity contribution in [3.05, 3.63) is 89.5 Å². The molecule has 128 valence electrons. The van der Waals surface area contributed by atoms with Gasteiger partial charge in [-0.2, -0.15) is 5.10 Å². The molecule has 0 unspecified atom stereocenters. The van der Waals surface area contributed by atoms with E-state index in [4.69, 9.17) is 4.74 Å². The number of hydrogen-bond acceptors (Lipinski definition) is 4. The lowest BCUT2D eigenvalue weighted by atomic mass is 9.87. The number of nitrogens with zero attached hydrogens (tertiary/aromatic N) is 1. The SMILES string of the molecule is O=C(N/N=C/c1ccccc1O)C1c2ccccc2Oc2ccccc21. The summed E-state index contributed by atoms with van der Waals surface area (Å²) in [6.45, 7) is 0. The number of nitrogens with one attached hydrogen (secondary N) is 1. The van der Waals surface area contributed by atoms with Crippen LogP contribution in [0.1, 0.15) is 22.6 Å². The molecule has 1 aliphatic rings. The van der Waals surface area contributed by atoms with Crippen molar-refractivity contribution in [3.63, 3.8) is 0 Å². The van der Waals surface area contributed by atoms with Gasteiger partial charge in [0.2, 0.25) is 0 Å². The number of benzene rings is 3. The number of ether oxygens (including phenoxy) is 1. The van der Waals surface area contributed by atoms with Crippen molar-refractivity contribution in [2.24, 2.45) is 5.10 Å². The zero-order valence-electron chi connectivity index (χ0n) is 13.8. The lowest BCUT2D eigenvalue weighted by Gasteiger charge is -2.26. The number of rotatable bonds is 3. The van der Waals surface area contributed by atoms with Gasteiger partial charge in [-0.1, -0.05) is 48.5 Å². The minimum Gasteiger partial charge on any atom is -0.507 e. The topological polar surface area (TPSA) is 70.9 Å². The molecule has 4 rings (SSSR count). The standard InChI is InChI=1S/C21H16N2O3/c24-17-10-4-1-7-14(17)13-22-23-21(25)20-15-8-2-5-11-18(15)26-19-12-6-3-9-16(19)20/h1-13,20,24H,(H,23,25)/b22-13+. The van der Waals surface area contributed by atoms with E-state index in [9.17, 15) is 9.90 Å². The van der Waals surface area contributed by atoms with Crippen LogP contribution in [0.4, 0.5) is 0 Å². The van der Waals surface area contributed by atoms with Crippen LogP contribution in [0, 0.1) is 0 Å². The number of amides is 1. The van der Waals surface area contributed by atoms with Gasteiger partial charge in [0.1, 0.15) is 17.2 Å². The molecule has 0 bridgehead atoms. The maximum atomic E-state index is 12.9. The van der Waals surface area contributed by atoms with E-state index in [2.05, 4.69) is 10.5 Å². The van der Waals surface area contributed by atoms with Crippen LogP contribution in [0.2, 0.25) is 0 Å². The Bertz CT molecular complexity index is 952. The van der Waals surface area contributed by atoms with Crippen LogP contribution in [0.25, 0.3) is 0 Å². The Kier molecular flexibility index (Phi) is 4.11. The highest BCUT2D eigenvalue weighted by atomic mass is 16.5. The van der Waals surface area contributed by atoms with Crippen LogP contribution in [-0.4, -0.2) is 17.2 Å². The monoisotopic (exact) mass is 344 g/mol. The second-order valence-electron chi connectivity index (χ2n) is 5.90. The third-order valence-electron chi connectivity index (χ3n) is 4.26. The van der Waals surface area contributed by atoms with Crippen molar-refractivity contribution in [1.29, 1.82) is 0 Å². The summed E-state index contributed by atoms with van der Waals surface area (Å²) in [6, 6.07) is 21.7. The largest absolute Gasteiger partial charge is 0.507 e. The van der Waals surface area contributed by atoms with E-state index in [0.717, 1.165) is 11.1 Å². The van der Waals surface area contributed by atoms with Crippen molar-refractivity contribution in [2.75, 3.05) is 0 Å². The van der Waals surface area contributed by atoms with Gasteiger partial charge in [-0.25, -0.2) is 5.43 Å². The lowest BCUT2D eigenvalue weighted by molar-refractivity contribution is -0.121. The summed E-state index contributed by atoms with van der Waals surface area (Å²) in [5.74, 6) is 0.650. The van der Waals surface area contributed by atoms with Crippen LogP contribution in [-0.2, 0) is 4.79 Å². The number of carbonyl (C=O) groups excluding carboxylic acids is 1. The molecule has 26 heavy (non-hydrogen) atoms. The smallest absolute Gasteiger partial charge is 0.252 e. The van der Waals surface area contributed by atoms with E-state index >= 15 is 0 Å². The van der Waals surface area contributed by atoms with Crippen molar-refractivity contribution in [3.8, 4) is 17.2 Å². The molecule has 3 aromatic rings. The van der Waals surface area contributed by atoms with Gasteiger partial charge in [-0.05, 0) is 24.3 Å². The molecular weight excluding hydrogens is 328 g/mol. The van der Waals surface area contributed by atoms with Gasteiger partial charge in [-0.15, -0.1) is 0 Å². The van der Waals surface area contributed by atoms with E-state index in [1.807, 2.05) is 48.5 Å². The van der Waals surface area contributed by atoms with E-state index in [1.165, 1.54) is 6.21 Å². The Labute approximate surface area is 150 Å². The number of phenols is 1. The Morgan fingerprint density at radius 1 is 0.923 bits per heavy atom. The maximum absolute atomic E-state index is 12.9. The molecule has 0 radical (unpaired) electrons. The molecule has 3 aromatic carbocycles. The predicted octanol–water partition coefficient (Wildman–Crippen LogP) is 3.78. The predicted molar refractivity (Wildman–Crippen MR) is 98.6 cm³/mol. The zero-order valence-corrected chi connectivity index (χ0v) is 13.8. The van der Waals surface area contributed by atoms with Crippen molar-refractivity contribution in [2.45, 2.75) is 5.92 Å². The molecule has 0 aliphatic carbocycles. The van der Waals surface area contributed by atoms with Gasteiger partial charge in [0.25, 0.3) is 5.91 Å². The summed E-state index contributed by atoms with van der Waals surface area (Å²) in [5, 5.41) is 13.8. The zero-order chi connectivity index (χ0) is 17.9. The number of aromatic hydroxyl groups is 1. The number of fused-ring (bicyclic) bond motifs is 2. The molecule has 0 fully saturated rings. The molecule has 1 aliphatic heterocycles. The average Bonchev–Trinajstić information content (AvgIpc) is 2.67. The summed E-state index contributed by atoms with van der Waals surface area (Å²) < 4.78 is 5.90. The minimum atomic E-state index is -0.516. The van der Waals surface area contributed by atoms with Crippen LogP contribution >= 0.6 is 0 Å². The van der Waals surface area contributed by atoms with E-state index in [-0.39, 0.29) is 11.7 Å². The summed E-state index contributed by atoms with van der Waals surface area (Å²) in [6.07, 6.45) is 1.42. The van der Waals surface area contributed by atoms with Gasteiger partial charge in [0.15, 0.2) is 0 Å². The summed E-state index contributed by atoms with van der Waals surface area (Å²) in [5.41, 5.74) is 4.69. The number of hydrazone groups is 1. The van der Waals surface area contributed by atoms with Gasteiger partial charge < -0.3 is 9.84 Å². The second-order valence-corrected chi connectivity index (χ2v) is 5.90. The second kappa shape index (κ2) is 6.72. The van der Waals surface area contributed by atoms with E-state index in [0.29, 0.717) is 17.1 Å². The quantitative estimate of drug-likeness (QED) is 0.561. The van der Waals surface area contributed by atoms with E-state index < -0.39 is 5.92 Å². The van der Waals surface area contributed by atoms with Gasteiger partial charge in [0, 0.05) is 16.7 Å². The van der Waals surface area contributed by atoms with Gasteiger partial charge in [0.05, 0.1) is 12.1 Å². The normalized spacial score (nSPS) is 12.9. The highest BCUT2D eigenvalue weighted by Crippen LogP contribution is 2.43. The lowest BCUT2D eigenvalue weighted by Crippen LogP contribution is -2.28. The first-order valence-electron chi connectivity index (χ1n) is 8.20. The molecule has 0 saturated heterocycles. The van der Waals surface area contributed by atoms with Gasteiger partial charge in [-0.3, -0.25) is 4.79 Å². The first-order chi connectivity index (χ1) is 12.7. The Balaban J connectivity index is 1.63. The fourth-order valence-electron chi connectivity index (χ4n) is 3.02. The molecule has 0 saturated carbocycles. The third kappa shape index (κ3) is 2.91. The first kappa shape index (κ1) is 15.9. The first-order valence-corrected chi connectivity index (χ1v) is 8.20. The molecule has 5 heteroatoms. The van der Waals surface area contributed by atoms with Crippen molar-refractivity contribution >= 4 is 12.1 Å². The van der Waals surface area contributed by atoms with Crippen molar-refractivity contribution in [1.82, 2.24) is 5.43 Å². The Morgan fingerprint density at radius 2 is 1.50 bits per heavy atom. The fraction of sp³-hybridized carbons (Fsp3) is 0.0476.